The number of rotatable bonds is 6. The maximum atomic E-state index is 12.4. The van der Waals surface area contributed by atoms with Crippen LogP contribution < -0.4 is 10.0 Å². The summed E-state index contributed by atoms with van der Waals surface area (Å²) in [6.07, 6.45) is 2.02. The van der Waals surface area contributed by atoms with Crippen LogP contribution in [0.4, 0.5) is 5.69 Å². The zero-order valence-corrected chi connectivity index (χ0v) is 14.9. The number of para-hydroxylation sites is 1. The lowest BCUT2D eigenvalue weighted by atomic mass is 10.1. The van der Waals surface area contributed by atoms with Crippen LogP contribution in [0.25, 0.3) is 0 Å². The van der Waals surface area contributed by atoms with E-state index in [1.54, 1.807) is 30.3 Å². The van der Waals surface area contributed by atoms with Crippen molar-refractivity contribution in [2.24, 2.45) is 0 Å². The van der Waals surface area contributed by atoms with Gasteiger partial charge in [0.05, 0.1) is 18.0 Å². The van der Waals surface area contributed by atoms with Gasteiger partial charge in [0, 0.05) is 5.56 Å². The highest BCUT2D eigenvalue weighted by Gasteiger charge is 2.16. The fourth-order valence-corrected chi connectivity index (χ4v) is 3.00. The Kier molecular flexibility index (Phi) is 5.62. The number of hydrogen-bond donors (Lipinski definition) is 2. The van der Waals surface area contributed by atoms with Crippen LogP contribution in [0.1, 0.15) is 41.4 Å². The normalized spacial score (nSPS) is 12.5. The van der Waals surface area contributed by atoms with Crippen LogP contribution in [0, 0.1) is 0 Å². The van der Waals surface area contributed by atoms with Crippen molar-refractivity contribution in [3.8, 4) is 0 Å². The molecule has 1 amide bonds. The van der Waals surface area contributed by atoms with E-state index in [-0.39, 0.29) is 11.9 Å². The van der Waals surface area contributed by atoms with E-state index in [1.807, 2.05) is 25.1 Å². The van der Waals surface area contributed by atoms with Gasteiger partial charge in [-0.2, -0.15) is 0 Å². The lowest BCUT2D eigenvalue weighted by Gasteiger charge is -2.18. The van der Waals surface area contributed by atoms with Crippen molar-refractivity contribution in [3.63, 3.8) is 0 Å². The molecule has 128 valence electrons. The second kappa shape index (κ2) is 7.49. The molecule has 0 saturated heterocycles. The molecule has 0 aromatic heterocycles. The number of anilines is 1. The summed E-state index contributed by atoms with van der Waals surface area (Å²) in [5.41, 5.74) is 2.92. The predicted octanol–water partition coefficient (Wildman–Crippen LogP) is 3.11. The summed E-state index contributed by atoms with van der Waals surface area (Å²) in [5.74, 6) is -0.195. The number of carbonyl (C=O) groups is 1. The molecule has 1 atom stereocenters. The maximum absolute atomic E-state index is 12.4. The number of benzene rings is 2. The molecule has 2 N–H and O–H groups in total. The van der Waals surface area contributed by atoms with Crippen molar-refractivity contribution in [2.45, 2.75) is 26.3 Å². The summed E-state index contributed by atoms with van der Waals surface area (Å²) in [6.45, 7) is 3.88. The van der Waals surface area contributed by atoms with Crippen LogP contribution >= 0.6 is 0 Å². The maximum Gasteiger partial charge on any atom is 0.251 e. The molecule has 24 heavy (non-hydrogen) atoms. The van der Waals surface area contributed by atoms with Crippen molar-refractivity contribution in [1.29, 1.82) is 0 Å². The largest absolute Gasteiger partial charge is 0.345 e. The zero-order valence-electron chi connectivity index (χ0n) is 14.0. The minimum absolute atomic E-state index is 0.195. The molecule has 0 aliphatic rings. The fraction of sp³-hybridized carbons (Fsp3) is 0.278. The molecule has 2 aromatic carbocycles. The molecular formula is C18H22N2O3S. The van der Waals surface area contributed by atoms with E-state index < -0.39 is 10.0 Å². The number of amides is 1. The number of aryl methyl sites for hydroxylation is 1. The molecule has 6 heteroatoms. The Morgan fingerprint density at radius 3 is 2.29 bits per heavy atom. The Bertz CT molecular complexity index is 814. The average molecular weight is 346 g/mol. The van der Waals surface area contributed by atoms with Crippen LogP contribution in [0.5, 0.6) is 0 Å². The van der Waals surface area contributed by atoms with Gasteiger partial charge in [0.25, 0.3) is 5.91 Å². The van der Waals surface area contributed by atoms with Crippen molar-refractivity contribution >= 4 is 21.6 Å². The third-order valence-corrected chi connectivity index (χ3v) is 4.29. The standard InChI is InChI=1S/C18H22N2O3S/c1-4-14-9-11-15(12-10-14)18(21)19-13(2)16-7-5-6-8-17(16)20-24(3,22)23/h5-13,20H,4H2,1-3H3,(H,19,21)/t13-/m1/s1. The highest BCUT2D eigenvalue weighted by Crippen LogP contribution is 2.23. The molecule has 0 fully saturated rings. The minimum Gasteiger partial charge on any atom is -0.345 e. The van der Waals surface area contributed by atoms with E-state index >= 15 is 0 Å². The van der Waals surface area contributed by atoms with Gasteiger partial charge in [0.1, 0.15) is 0 Å². The van der Waals surface area contributed by atoms with Crippen LogP contribution in [-0.4, -0.2) is 20.6 Å². The van der Waals surface area contributed by atoms with E-state index in [1.165, 1.54) is 5.56 Å². The number of hydrogen-bond acceptors (Lipinski definition) is 3. The van der Waals surface area contributed by atoms with Gasteiger partial charge >= 0.3 is 0 Å². The van der Waals surface area contributed by atoms with Gasteiger partial charge in [-0.1, -0.05) is 37.3 Å². The van der Waals surface area contributed by atoms with Gasteiger partial charge < -0.3 is 5.32 Å². The van der Waals surface area contributed by atoms with Gasteiger partial charge in [-0.05, 0) is 42.7 Å². The van der Waals surface area contributed by atoms with Crippen LogP contribution in [0.3, 0.4) is 0 Å². The molecule has 0 aliphatic heterocycles. The molecule has 0 bridgehead atoms. The first kappa shape index (κ1) is 18.0. The smallest absolute Gasteiger partial charge is 0.251 e. The Hall–Kier alpha value is -2.34. The molecule has 0 saturated carbocycles. The monoisotopic (exact) mass is 346 g/mol. The molecule has 0 radical (unpaired) electrons. The quantitative estimate of drug-likeness (QED) is 0.844. The highest BCUT2D eigenvalue weighted by molar-refractivity contribution is 7.92. The first-order chi connectivity index (χ1) is 11.3. The number of nitrogens with one attached hydrogen (secondary N) is 2. The molecule has 0 aliphatic carbocycles. The van der Waals surface area contributed by atoms with E-state index in [4.69, 9.17) is 0 Å². The number of sulfonamides is 1. The molecule has 0 spiro atoms. The first-order valence-electron chi connectivity index (χ1n) is 7.76. The second-order valence-corrected chi connectivity index (χ2v) is 7.46. The zero-order chi connectivity index (χ0) is 17.7. The third kappa shape index (κ3) is 4.83. The molecule has 0 heterocycles. The highest BCUT2D eigenvalue weighted by atomic mass is 32.2. The SMILES string of the molecule is CCc1ccc(C(=O)N[C@H](C)c2ccccc2NS(C)(=O)=O)cc1. The molecule has 2 rings (SSSR count). The molecular weight excluding hydrogens is 324 g/mol. The Balaban J connectivity index is 2.17. The molecule has 0 unspecified atom stereocenters. The summed E-state index contributed by atoms with van der Waals surface area (Å²) in [5, 5.41) is 2.90. The van der Waals surface area contributed by atoms with Gasteiger partial charge in [-0.15, -0.1) is 0 Å². The minimum atomic E-state index is -3.38. The first-order valence-corrected chi connectivity index (χ1v) is 9.66. The third-order valence-electron chi connectivity index (χ3n) is 3.69. The summed E-state index contributed by atoms with van der Waals surface area (Å²) < 4.78 is 25.4. The van der Waals surface area contributed by atoms with Crippen molar-refractivity contribution < 1.29 is 13.2 Å². The Morgan fingerprint density at radius 1 is 1.08 bits per heavy atom. The Morgan fingerprint density at radius 2 is 1.71 bits per heavy atom. The Labute approximate surface area is 143 Å². The van der Waals surface area contributed by atoms with E-state index in [9.17, 15) is 13.2 Å². The topological polar surface area (TPSA) is 75.3 Å². The van der Waals surface area contributed by atoms with E-state index in [0.29, 0.717) is 16.8 Å². The van der Waals surface area contributed by atoms with Crippen LogP contribution in [0.15, 0.2) is 48.5 Å². The molecule has 2 aromatic rings. The van der Waals surface area contributed by atoms with Gasteiger partial charge in [0.15, 0.2) is 0 Å². The summed E-state index contributed by atoms with van der Waals surface area (Å²) in [4.78, 5) is 12.4. The fourth-order valence-electron chi connectivity index (χ4n) is 2.42. The average Bonchev–Trinajstić information content (AvgIpc) is 2.53. The van der Waals surface area contributed by atoms with Crippen molar-refractivity contribution in [3.05, 3.63) is 65.2 Å². The van der Waals surface area contributed by atoms with E-state index in [0.717, 1.165) is 12.7 Å². The van der Waals surface area contributed by atoms with E-state index in [2.05, 4.69) is 17.0 Å². The summed E-state index contributed by atoms with van der Waals surface area (Å²) in [7, 11) is -3.38. The summed E-state index contributed by atoms with van der Waals surface area (Å²) in [6, 6.07) is 14.1. The predicted molar refractivity (Wildman–Crippen MR) is 96.6 cm³/mol. The van der Waals surface area contributed by atoms with Gasteiger partial charge in [-0.3, -0.25) is 9.52 Å². The summed E-state index contributed by atoms with van der Waals surface area (Å²) >= 11 is 0. The van der Waals surface area contributed by atoms with Crippen LogP contribution in [0.2, 0.25) is 0 Å². The van der Waals surface area contributed by atoms with Crippen molar-refractivity contribution in [2.75, 3.05) is 11.0 Å². The molecule has 5 nitrogen and oxygen atoms in total. The van der Waals surface area contributed by atoms with Crippen molar-refractivity contribution in [1.82, 2.24) is 5.32 Å². The lowest BCUT2D eigenvalue weighted by Crippen LogP contribution is -2.27. The van der Waals surface area contributed by atoms with Crippen LogP contribution in [-0.2, 0) is 16.4 Å². The van der Waals surface area contributed by atoms with Gasteiger partial charge in [-0.25, -0.2) is 8.42 Å². The van der Waals surface area contributed by atoms with Gasteiger partial charge in [0.2, 0.25) is 10.0 Å². The number of carbonyl (C=O) groups excluding carboxylic acids is 1. The second-order valence-electron chi connectivity index (χ2n) is 5.71. The lowest BCUT2D eigenvalue weighted by molar-refractivity contribution is 0.0940.